The van der Waals surface area contributed by atoms with Crippen LogP contribution in [0.2, 0.25) is 5.02 Å². The summed E-state index contributed by atoms with van der Waals surface area (Å²) in [6.45, 7) is 0.896. The number of halogens is 2. The van der Waals surface area contributed by atoms with Gasteiger partial charge in [0.15, 0.2) is 5.65 Å². The standard InChI is InChI=1S/C26H23BrClN5O2S/c1-32(36(34,35)20-12-11-18-7-2-3-8-19(18)15-20)14-6-13-29-25-16-24(21-9-4-5-10-23(21)28)31-26-22(27)17-30-33(25)26/h2-5,7-12,15-17,29H,6,13-14H2,1H3. The average Bonchev–Trinajstić information content (AvgIpc) is 3.27. The highest BCUT2D eigenvalue weighted by Gasteiger charge is 2.21. The van der Waals surface area contributed by atoms with Gasteiger partial charge in [0.2, 0.25) is 10.0 Å². The van der Waals surface area contributed by atoms with Crippen LogP contribution in [-0.4, -0.2) is 47.5 Å². The molecular weight excluding hydrogens is 562 g/mol. The molecule has 0 aliphatic rings. The zero-order valence-corrected chi connectivity index (χ0v) is 22.6. The van der Waals surface area contributed by atoms with Gasteiger partial charge in [-0.1, -0.05) is 60.1 Å². The van der Waals surface area contributed by atoms with Crippen molar-refractivity contribution in [3.05, 3.63) is 88.5 Å². The van der Waals surface area contributed by atoms with E-state index >= 15 is 0 Å². The molecule has 0 fully saturated rings. The van der Waals surface area contributed by atoms with E-state index in [2.05, 4.69) is 26.3 Å². The first-order valence-corrected chi connectivity index (χ1v) is 13.9. The Balaban J connectivity index is 1.30. The summed E-state index contributed by atoms with van der Waals surface area (Å²) in [7, 11) is -1.99. The van der Waals surface area contributed by atoms with Gasteiger partial charge in [0, 0.05) is 36.8 Å². The van der Waals surface area contributed by atoms with E-state index in [4.69, 9.17) is 16.6 Å². The van der Waals surface area contributed by atoms with Crippen LogP contribution in [0.4, 0.5) is 5.82 Å². The SMILES string of the molecule is CN(CCCNc1cc(-c2ccccc2Cl)nc2c(Br)cnn12)S(=O)(=O)c1ccc2ccccc2c1. The average molecular weight is 585 g/mol. The third kappa shape index (κ3) is 4.84. The molecule has 1 N–H and O–H groups in total. The Morgan fingerprint density at radius 1 is 1.03 bits per heavy atom. The highest BCUT2D eigenvalue weighted by Crippen LogP contribution is 2.30. The molecule has 0 aliphatic heterocycles. The third-order valence-electron chi connectivity index (χ3n) is 5.96. The largest absolute Gasteiger partial charge is 0.370 e. The maximum absolute atomic E-state index is 13.1. The Kier molecular flexibility index (Phi) is 6.98. The van der Waals surface area contributed by atoms with E-state index in [0.29, 0.717) is 40.8 Å². The quantitative estimate of drug-likeness (QED) is 0.223. The molecule has 184 valence electrons. The summed E-state index contributed by atoms with van der Waals surface area (Å²) in [6.07, 6.45) is 2.28. The van der Waals surface area contributed by atoms with Gasteiger partial charge in [-0.15, -0.1) is 0 Å². The van der Waals surface area contributed by atoms with E-state index in [9.17, 15) is 8.42 Å². The van der Waals surface area contributed by atoms with Crippen molar-refractivity contribution in [2.45, 2.75) is 11.3 Å². The second-order valence-electron chi connectivity index (χ2n) is 8.35. The molecule has 0 atom stereocenters. The van der Waals surface area contributed by atoms with Crippen molar-refractivity contribution in [2.24, 2.45) is 0 Å². The highest BCUT2D eigenvalue weighted by atomic mass is 79.9. The van der Waals surface area contributed by atoms with E-state index < -0.39 is 10.0 Å². The van der Waals surface area contributed by atoms with Crippen LogP contribution in [0.25, 0.3) is 27.7 Å². The maximum Gasteiger partial charge on any atom is 0.242 e. The number of benzene rings is 3. The molecule has 36 heavy (non-hydrogen) atoms. The van der Waals surface area contributed by atoms with Crippen molar-refractivity contribution in [1.82, 2.24) is 18.9 Å². The number of aromatic nitrogens is 3. The summed E-state index contributed by atoms with van der Waals surface area (Å²) in [5.41, 5.74) is 2.19. The van der Waals surface area contributed by atoms with Gasteiger partial charge < -0.3 is 5.32 Å². The minimum absolute atomic E-state index is 0.290. The van der Waals surface area contributed by atoms with E-state index in [1.165, 1.54) is 4.31 Å². The Morgan fingerprint density at radius 2 is 1.78 bits per heavy atom. The number of fused-ring (bicyclic) bond motifs is 2. The molecule has 5 aromatic rings. The van der Waals surface area contributed by atoms with Crippen molar-refractivity contribution >= 4 is 59.8 Å². The van der Waals surface area contributed by atoms with E-state index in [1.807, 2.05) is 60.7 Å². The molecule has 0 amide bonds. The van der Waals surface area contributed by atoms with Crippen LogP contribution in [0.15, 0.2) is 88.4 Å². The summed E-state index contributed by atoms with van der Waals surface area (Å²) in [6, 6.07) is 22.4. The zero-order valence-electron chi connectivity index (χ0n) is 19.4. The van der Waals surface area contributed by atoms with E-state index in [0.717, 1.165) is 26.6 Å². The summed E-state index contributed by atoms with van der Waals surface area (Å²) < 4.78 is 30.1. The number of anilines is 1. The first kappa shape index (κ1) is 24.7. The van der Waals surface area contributed by atoms with Gasteiger partial charge >= 0.3 is 0 Å². The number of hydrogen-bond acceptors (Lipinski definition) is 5. The molecule has 10 heteroatoms. The lowest BCUT2D eigenvalue weighted by molar-refractivity contribution is 0.465. The Bertz CT molecular complexity index is 1670. The predicted octanol–water partition coefficient (Wildman–Crippen LogP) is 6.09. The minimum Gasteiger partial charge on any atom is -0.370 e. The molecule has 0 unspecified atom stereocenters. The lowest BCUT2D eigenvalue weighted by Gasteiger charge is -2.18. The summed E-state index contributed by atoms with van der Waals surface area (Å²) in [4.78, 5) is 5.00. The van der Waals surface area contributed by atoms with Crippen molar-refractivity contribution in [3.8, 4) is 11.3 Å². The normalized spacial score (nSPS) is 12.0. The second-order valence-corrected chi connectivity index (χ2v) is 11.7. The first-order valence-electron chi connectivity index (χ1n) is 11.3. The highest BCUT2D eigenvalue weighted by molar-refractivity contribution is 9.10. The van der Waals surface area contributed by atoms with Gasteiger partial charge in [0.1, 0.15) is 5.82 Å². The fourth-order valence-electron chi connectivity index (χ4n) is 4.02. The molecule has 3 aromatic carbocycles. The predicted molar refractivity (Wildman–Crippen MR) is 148 cm³/mol. The number of nitrogens with zero attached hydrogens (tertiary/aromatic N) is 4. The van der Waals surface area contributed by atoms with Crippen molar-refractivity contribution in [3.63, 3.8) is 0 Å². The van der Waals surface area contributed by atoms with Gasteiger partial charge in [0.25, 0.3) is 0 Å². The molecule has 0 spiro atoms. The lowest BCUT2D eigenvalue weighted by atomic mass is 10.1. The van der Waals surface area contributed by atoms with Gasteiger partial charge in [-0.05, 0) is 51.3 Å². The van der Waals surface area contributed by atoms with Crippen molar-refractivity contribution < 1.29 is 8.42 Å². The topological polar surface area (TPSA) is 79.6 Å². The molecular formula is C26H23BrClN5O2S. The number of rotatable bonds is 8. The van der Waals surface area contributed by atoms with E-state index in [-0.39, 0.29) is 0 Å². The van der Waals surface area contributed by atoms with Crippen molar-refractivity contribution in [2.75, 3.05) is 25.5 Å². The van der Waals surface area contributed by atoms with Crippen molar-refractivity contribution in [1.29, 1.82) is 0 Å². The molecule has 0 aliphatic carbocycles. The Labute approximate surface area is 222 Å². The minimum atomic E-state index is -3.60. The zero-order chi connectivity index (χ0) is 25.3. The van der Waals surface area contributed by atoms with Crippen LogP contribution in [0.5, 0.6) is 0 Å². The summed E-state index contributed by atoms with van der Waals surface area (Å²) in [5.74, 6) is 0.737. The number of sulfonamides is 1. The molecule has 2 heterocycles. The van der Waals surface area contributed by atoms with E-state index in [1.54, 1.807) is 29.9 Å². The van der Waals surface area contributed by atoms with Gasteiger partial charge in [-0.25, -0.2) is 17.7 Å². The van der Waals surface area contributed by atoms with Crippen LogP contribution < -0.4 is 5.32 Å². The fourth-order valence-corrected chi connectivity index (χ4v) is 5.84. The van der Waals surface area contributed by atoms with Gasteiger partial charge in [-0.3, -0.25) is 0 Å². The maximum atomic E-state index is 13.1. The molecule has 0 saturated carbocycles. The number of hydrogen-bond donors (Lipinski definition) is 1. The summed E-state index contributed by atoms with van der Waals surface area (Å²) >= 11 is 9.91. The lowest BCUT2D eigenvalue weighted by Crippen LogP contribution is -2.29. The second kappa shape index (κ2) is 10.2. The van der Waals surface area contributed by atoms with Crippen LogP contribution in [0, 0.1) is 0 Å². The van der Waals surface area contributed by atoms with Gasteiger partial charge in [-0.2, -0.15) is 9.61 Å². The summed E-state index contributed by atoms with van der Waals surface area (Å²) in [5, 5.41) is 10.3. The van der Waals surface area contributed by atoms with Gasteiger partial charge in [0.05, 0.1) is 21.3 Å². The van der Waals surface area contributed by atoms with Crippen LogP contribution >= 0.6 is 27.5 Å². The molecule has 0 bridgehead atoms. The molecule has 0 saturated heterocycles. The molecule has 5 rings (SSSR count). The number of nitrogens with one attached hydrogen (secondary N) is 1. The van der Waals surface area contributed by atoms with Crippen LogP contribution in [0.3, 0.4) is 0 Å². The first-order chi connectivity index (χ1) is 17.3. The molecule has 7 nitrogen and oxygen atoms in total. The monoisotopic (exact) mass is 583 g/mol. The Morgan fingerprint density at radius 3 is 2.58 bits per heavy atom. The third-order valence-corrected chi connectivity index (χ3v) is 8.71. The fraction of sp³-hybridized carbons (Fsp3) is 0.154. The Hall–Kier alpha value is -2.98. The van der Waals surface area contributed by atoms with Crippen LogP contribution in [-0.2, 0) is 10.0 Å². The smallest absolute Gasteiger partial charge is 0.242 e. The van der Waals surface area contributed by atoms with Crippen LogP contribution in [0.1, 0.15) is 6.42 Å². The molecule has 0 radical (unpaired) electrons. The molecule has 2 aromatic heterocycles.